The summed E-state index contributed by atoms with van der Waals surface area (Å²) in [6.07, 6.45) is -4.51. The molecule has 0 fully saturated rings. The van der Waals surface area contributed by atoms with Gasteiger partial charge in [-0.1, -0.05) is 6.07 Å². The van der Waals surface area contributed by atoms with E-state index in [1.54, 1.807) is 0 Å². The molecule has 27 heavy (non-hydrogen) atoms. The molecule has 0 spiro atoms. The summed E-state index contributed by atoms with van der Waals surface area (Å²) >= 11 is 0. The number of ether oxygens (including phenoxy) is 2. The highest BCUT2D eigenvalue weighted by Crippen LogP contribution is 2.33. The third-order valence-corrected chi connectivity index (χ3v) is 3.76. The van der Waals surface area contributed by atoms with Crippen molar-refractivity contribution in [3.8, 4) is 11.5 Å². The number of benzene rings is 2. The van der Waals surface area contributed by atoms with Crippen LogP contribution >= 0.6 is 0 Å². The highest BCUT2D eigenvalue weighted by molar-refractivity contribution is 5.95. The van der Waals surface area contributed by atoms with Crippen LogP contribution in [0.15, 0.2) is 36.4 Å². The van der Waals surface area contributed by atoms with Crippen LogP contribution in [0.3, 0.4) is 0 Å². The predicted octanol–water partition coefficient (Wildman–Crippen LogP) is 4.24. The van der Waals surface area contributed by atoms with Crippen LogP contribution in [0.25, 0.3) is 0 Å². The third kappa shape index (κ3) is 5.22. The molecule has 0 aromatic heterocycles. The number of methoxy groups -OCH3 is 1. The molecule has 0 saturated heterocycles. The second kappa shape index (κ2) is 8.11. The van der Waals surface area contributed by atoms with Crippen LogP contribution in [0, 0.1) is 6.92 Å². The van der Waals surface area contributed by atoms with Crippen LogP contribution in [-0.4, -0.2) is 25.4 Å². The number of nitrogens with one attached hydrogen (secondary N) is 1. The van der Waals surface area contributed by atoms with Crippen molar-refractivity contribution in [3.05, 3.63) is 53.1 Å². The lowest BCUT2D eigenvalue weighted by molar-refractivity contribution is -0.138. The van der Waals surface area contributed by atoms with Crippen molar-refractivity contribution < 1.29 is 32.2 Å². The predicted molar refractivity (Wildman–Crippen MR) is 93.3 cm³/mol. The van der Waals surface area contributed by atoms with Crippen LogP contribution in [-0.2, 0) is 11.0 Å². The number of halogens is 3. The summed E-state index contributed by atoms with van der Waals surface area (Å²) in [7, 11) is 1.39. The molecule has 0 aliphatic carbocycles. The molecule has 144 valence electrons. The van der Waals surface area contributed by atoms with Crippen LogP contribution in [0.5, 0.6) is 11.5 Å². The third-order valence-electron chi connectivity index (χ3n) is 3.76. The number of aryl methyl sites for hydroxylation is 1. The number of carbonyl (C=O) groups excluding carboxylic acids is 2. The van der Waals surface area contributed by atoms with E-state index in [2.05, 4.69) is 5.32 Å². The Balaban J connectivity index is 2.06. The first-order valence-electron chi connectivity index (χ1n) is 7.91. The number of carbonyl (C=O) groups is 2. The number of alkyl halides is 3. The Labute approximate surface area is 154 Å². The highest BCUT2D eigenvalue weighted by Gasteiger charge is 2.32. The van der Waals surface area contributed by atoms with E-state index in [9.17, 15) is 22.8 Å². The molecule has 0 bridgehead atoms. The number of amides is 1. The fourth-order valence-corrected chi connectivity index (χ4v) is 2.35. The molecule has 0 saturated carbocycles. The Kier molecular flexibility index (Phi) is 6.09. The van der Waals surface area contributed by atoms with Crippen molar-refractivity contribution in [2.45, 2.75) is 20.0 Å². The van der Waals surface area contributed by atoms with Crippen LogP contribution in [0.1, 0.15) is 28.4 Å². The minimum Gasteiger partial charge on any atom is -0.493 e. The molecule has 0 aliphatic rings. The van der Waals surface area contributed by atoms with Crippen LogP contribution in [0.4, 0.5) is 18.9 Å². The van der Waals surface area contributed by atoms with Gasteiger partial charge in [-0.05, 0) is 49.7 Å². The standard InChI is InChI=1S/C19H18F3NO4/c1-11-4-6-14(9-15(11)19(20,21)22)23-18(25)10-27-16-7-5-13(12(2)24)8-17(16)26-3/h4-9H,10H2,1-3H3,(H,23,25). The maximum Gasteiger partial charge on any atom is 0.416 e. The van der Waals surface area contributed by atoms with Gasteiger partial charge < -0.3 is 14.8 Å². The molecular formula is C19H18F3NO4. The van der Waals surface area contributed by atoms with Gasteiger partial charge in [0.1, 0.15) is 0 Å². The molecule has 0 heterocycles. The zero-order valence-corrected chi connectivity index (χ0v) is 14.9. The first-order chi connectivity index (χ1) is 12.6. The van der Waals surface area contributed by atoms with Gasteiger partial charge in [0.2, 0.25) is 0 Å². The molecular weight excluding hydrogens is 363 g/mol. The Morgan fingerprint density at radius 2 is 1.78 bits per heavy atom. The Hall–Kier alpha value is -3.03. The van der Waals surface area contributed by atoms with Gasteiger partial charge in [0.15, 0.2) is 23.9 Å². The summed E-state index contributed by atoms with van der Waals surface area (Å²) in [6, 6.07) is 8.01. The number of anilines is 1. The van der Waals surface area contributed by atoms with Gasteiger partial charge in [0, 0.05) is 11.3 Å². The van der Waals surface area contributed by atoms with Crippen molar-refractivity contribution in [1.82, 2.24) is 0 Å². The second-order valence-electron chi connectivity index (χ2n) is 5.79. The molecule has 8 heteroatoms. The lowest BCUT2D eigenvalue weighted by Crippen LogP contribution is -2.21. The molecule has 2 rings (SSSR count). The molecule has 1 N–H and O–H groups in total. The van der Waals surface area contributed by atoms with E-state index in [1.807, 2.05) is 0 Å². The summed E-state index contributed by atoms with van der Waals surface area (Å²) in [5, 5.41) is 2.36. The van der Waals surface area contributed by atoms with Crippen molar-refractivity contribution in [1.29, 1.82) is 0 Å². The lowest BCUT2D eigenvalue weighted by Gasteiger charge is -2.14. The molecule has 2 aromatic rings. The SMILES string of the molecule is COc1cc(C(C)=O)ccc1OCC(=O)Nc1ccc(C)c(C(F)(F)F)c1. The van der Waals surface area contributed by atoms with Gasteiger partial charge in [-0.3, -0.25) is 9.59 Å². The van der Waals surface area contributed by atoms with Crippen molar-refractivity contribution >= 4 is 17.4 Å². The summed E-state index contributed by atoms with van der Waals surface area (Å²) in [5.74, 6) is -0.287. The quantitative estimate of drug-likeness (QED) is 0.760. The van der Waals surface area contributed by atoms with Gasteiger partial charge in [0.25, 0.3) is 5.91 Å². The highest BCUT2D eigenvalue weighted by atomic mass is 19.4. The normalized spacial score (nSPS) is 11.0. The summed E-state index contributed by atoms with van der Waals surface area (Å²) < 4.78 is 49.3. The largest absolute Gasteiger partial charge is 0.493 e. The number of hydrogen-bond donors (Lipinski definition) is 1. The topological polar surface area (TPSA) is 64.6 Å². The molecule has 1 amide bonds. The van der Waals surface area contributed by atoms with Gasteiger partial charge in [-0.2, -0.15) is 13.2 Å². The molecule has 0 radical (unpaired) electrons. The average Bonchev–Trinajstić information content (AvgIpc) is 2.60. The van der Waals surface area contributed by atoms with Crippen molar-refractivity contribution in [2.75, 3.05) is 19.0 Å². The first-order valence-corrected chi connectivity index (χ1v) is 7.91. The summed E-state index contributed by atoms with van der Waals surface area (Å²) in [5.41, 5.74) is -0.321. The van der Waals surface area contributed by atoms with E-state index in [0.717, 1.165) is 6.07 Å². The number of rotatable bonds is 6. The smallest absolute Gasteiger partial charge is 0.416 e. The molecule has 0 atom stereocenters. The van der Waals surface area contributed by atoms with E-state index in [1.165, 1.54) is 51.3 Å². The van der Waals surface area contributed by atoms with E-state index in [4.69, 9.17) is 9.47 Å². The van der Waals surface area contributed by atoms with Crippen molar-refractivity contribution in [3.63, 3.8) is 0 Å². The number of Topliss-reactive ketones (excluding diaryl/α,β-unsaturated/α-hetero) is 1. The van der Waals surface area contributed by atoms with Gasteiger partial charge in [-0.25, -0.2) is 0 Å². The monoisotopic (exact) mass is 381 g/mol. The number of ketones is 1. The summed E-state index contributed by atoms with van der Waals surface area (Å²) in [6.45, 7) is 2.30. The molecule has 5 nitrogen and oxygen atoms in total. The maximum atomic E-state index is 12.9. The molecule has 0 unspecified atom stereocenters. The van der Waals surface area contributed by atoms with Gasteiger partial charge in [0.05, 0.1) is 12.7 Å². The average molecular weight is 381 g/mol. The molecule has 0 aliphatic heterocycles. The zero-order valence-electron chi connectivity index (χ0n) is 14.9. The Bertz CT molecular complexity index is 863. The summed E-state index contributed by atoms with van der Waals surface area (Å²) in [4.78, 5) is 23.4. The zero-order chi connectivity index (χ0) is 20.2. The van der Waals surface area contributed by atoms with E-state index >= 15 is 0 Å². The van der Waals surface area contributed by atoms with Crippen LogP contribution < -0.4 is 14.8 Å². The van der Waals surface area contributed by atoms with Crippen LogP contribution in [0.2, 0.25) is 0 Å². The van der Waals surface area contributed by atoms with Gasteiger partial charge >= 0.3 is 6.18 Å². The Morgan fingerprint density at radius 3 is 2.37 bits per heavy atom. The fourth-order valence-electron chi connectivity index (χ4n) is 2.35. The first kappa shape index (κ1) is 20.3. The molecule has 2 aromatic carbocycles. The Morgan fingerprint density at radius 1 is 1.07 bits per heavy atom. The second-order valence-corrected chi connectivity index (χ2v) is 5.79. The van der Waals surface area contributed by atoms with Crippen molar-refractivity contribution in [2.24, 2.45) is 0 Å². The van der Waals surface area contributed by atoms with E-state index in [-0.39, 0.29) is 28.5 Å². The minimum absolute atomic E-state index is 0.0143. The number of hydrogen-bond acceptors (Lipinski definition) is 4. The van der Waals surface area contributed by atoms with E-state index < -0.39 is 24.3 Å². The minimum atomic E-state index is -4.51. The van der Waals surface area contributed by atoms with E-state index in [0.29, 0.717) is 5.56 Å². The fraction of sp³-hybridized carbons (Fsp3) is 0.263. The van der Waals surface area contributed by atoms with Gasteiger partial charge in [-0.15, -0.1) is 0 Å². The lowest BCUT2D eigenvalue weighted by atomic mass is 10.1. The maximum absolute atomic E-state index is 12.9.